The van der Waals surface area contributed by atoms with Crippen molar-refractivity contribution in [3.05, 3.63) is 97.3 Å². The van der Waals surface area contributed by atoms with Crippen LogP contribution >= 0.6 is 0 Å². The number of pyridine rings is 2. The lowest BCUT2D eigenvalue weighted by Gasteiger charge is -2.08. The Balaban J connectivity index is 1.46. The summed E-state index contributed by atoms with van der Waals surface area (Å²) < 4.78 is 17.4. The third-order valence-electron chi connectivity index (χ3n) is 5.34. The van der Waals surface area contributed by atoms with Gasteiger partial charge in [0.2, 0.25) is 0 Å². The minimum absolute atomic E-state index is 0.521. The first kappa shape index (κ1) is 23.6. The highest BCUT2D eigenvalue weighted by atomic mass is 16.5. The zero-order valence-electron chi connectivity index (χ0n) is 20.1. The lowest BCUT2D eigenvalue weighted by atomic mass is 10.1. The largest absolute Gasteiger partial charge is 0.496 e. The van der Waals surface area contributed by atoms with E-state index in [1.54, 1.807) is 38.7 Å². The van der Waals surface area contributed by atoms with Crippen molar-refractivity contribution in [1.29, 1.82) is 0 Å². The molecule has 37 heavy (non-hydrogen) atoms. The van der Waals surface area contributed by atoms with Crippen LogP contribution in [0, 0.1) is 0 Å². The molecule has 0 N–H and O–H groups in total. The number of nitrogens with zero attached hydrogens (tertiary/aromatic N) is 6. The highest BCUT2D eigenvalue weighted by Gasteiger charge is 2.16. The maximum Gasteiger partial charge on any atom is 0.174 e. The smallest absolute Gasteiger partial charge is 0.174 e. The Hall–Kier alpha value is -5.18. The molecule has 0 unspecified atom stereocenters. The van der Waals surface area contributed by atoms with E-state index < -0.39 is 0 Å². The van der Waals surface area contributed by atoms with Crippen LogP contribution in [0.5, 0.6) is 11.5 Å². The monoisotopic (exact) mass is 490 g/mol. The highest BCUT2D eigenvalue weighted by Crippen LogP contribution is 2.40. The van der Waals surface area contributed by atoms with E-state index in [-0.39, 0.29) is 0 Å². The summed E-state index contributed by atoms with van der Waals surface area (Å²) in [7, 11) is 3.22. The summed E-state index contributed by atoms with van der Waals surface area (Å²) in [5.74, 6) is 3.53. The van der Waals surface area contributed by atoms with E-state index in [1.807, 2.05) is 72.8 Å². The minimum atomic E-state index is 0.521. The molecule has 5 aromatic rings. The van der Waals surface area contributed by atoms with E-state index >= 15 is 0 Å². The Morgan fingerprint density at radius 3 is 1.46 bits per heavy atom. The number of azo groups is 2. The second-order valence-electron chi connectivity index (χ2n) is 7.71. The Bertz CT molecular complexity index is 1430. The fraction of sp³-hybridized carbons (Fsp3) is 0.0714. The normalized spacial score (nSPS) is 11.3. The summed E-state index contributed by atoms with van der Waals surface area (Å²) >= 11 is 0. The van der Waals surface area contributed by atoms with Crippen molar-refractivity contribution in [3.8, 4) is 34.1 Å². The van der Waals surface area contributed by atoms with Gasteiger partial charge in [-0.2, -0.15) is 0 Å². The van der Waals surface area contributed by atoms with Crippen LogP contribution in [0.3, 0.4) is 0 Å². The fourth-order valence-electron chi connectivity index (χ4n) is 3.57. The fourth-order valence-corrected chi connectivity index (χ4v) is 3.57. The van der Waals surface area contributed by atoms with Crippen LogP contribution in [0.2, 0.25) is 0 Å². The Morgan fingerprint density at radius 1 is 0.568 bits per heavy atom. The van der Waals surface area contributed by atoms with Crippen molar-refractivity contribution in [1.82, 2.24) is 9.97 Å². The molecule has 5 rings (SSSR count). The van der Waals surface area contributed by atoms with E-state index in [1.165, 1.54) is 0 Å². The molecule has 3 aromatic heterocycles. The van der Waals surface area contributed by atoms with Crippen LogP contribution in [0.15, 0.2) is 122 Å². The molecule has 9 heteroatoms. The van der Waals surface area contributed by atoms with Crippen molar-refractivity contribution < 1.29 is 13.9 Å². The first-order valence-electron chi connectivity index (χ1n) is 11.4. The van der Waals surface area contributed by atoms with Gasteiger partial charge in [-0.05, 0) is 72.8 Å². The molecule has 0 aliphatic rings. The number of methoxy groups -OCH3 is 2. The summed E-state index contributed by atoms with van der Waals surface area (Å²) in [6.07, 6.45) is 3.34. The second-order valence-corrected chi connectivity index (χ2v) is 7.71. The number of hydrogen-bond acceptors (Lipinski definition) is 9. The first-order chi connectivity index (χ1) is 18.2. The Morgan fingerprint density at radius 2 is 1.05 bits per heavy atom. The van der Waals surface area contributed by atoms with Crippen LogP contribution in [0.1, 0.15) is 0 Å². The number of hydrogen-bond donors (Lipinski definition) is 0. The van der Waals surface area contributed by atoms with E-state index in [9.17, 15) is 0 Å². The van der Waals surface area contributed by atoms with Crippen molar-refractivity contribution in [3.63, 3.8) is 0 Å². The number of ether oxygens (including phenoxy) is 2. The molecule has 0 aliphatic heterocycles. The highest BCUT2D eigenvalue weighted by molar-refractivity contribution is 5.75. The summed E-state index contributed by atoms with van der Waals surface area (Å²) in [5, 5.41) is 17.0. The molecule has 0 atom stereocenters. The molecule has 0 spiro atoms. The average Bonchev–Trinajstić information content (AvgIpc) is 3.46. The summed E-state index contributed by atoms with van der Waals surface area (Å²) in [6.45, 7) is 0. The van der Waals surface area contributed by atoms with Gasteiger partial charge in [-0.3, -0.25) is 0 Å². The predicted molar refractivity (Wildman–Crippen MR) is 140 cm³/mol. The van der Waals surface area contributed by atoms with Gasteiger partial charge in [0.05, 0.1) is 36.7 Å². The van der Waals surface area contributed by atoms with Gasteiger partial charge in [0.25, 0.3) is 0 Å². The van der Waals surface area contributed by atoms with E-state index in [2.05, 4.69) is 30.4 Å². The molecular formula is C28H22N6O3. The molecule has 2 aromatic carbocycles. The molecule has 3 heterocycles. The zero-order valence-corrected chi connectivity index (χ0v) is 20.1. The SMILES string of the molecule is COc1ccc(/N=N/c2ccccn2)cc1-c1ccc(-c2cc(/N=N/c3ccccn3)ccc2OC)o1. The zero-order chi connectivity index (χ0) is 25.5. The second kappa shape index (κ2) is 11.0. The van der Waals surface area contributed by atoms with Gasteiger partial charge in [-0.25, -0.2) is 9.97 Å². The third kappa shape index (κ3) is 5.57. The topological polar surface area (TPSA) is 107 Å². The molecule has 0 fully saturated rings. The third-order valence-corrected chi connectivity index (χ3v) is 5.34. The number of rotatable bonds is 8. The van der Waals surface area contributed by atoms with Crippen molar-refractivity contribution in [2.45, 2.75) is 0 Å². The summed E-state index contributed by atoms with van der Waals surface area (Å²) in [4.78, 5) is 8.33. The predicted octanol–water partition coefficient (Wildman–Crippen LogP) is 8.25. The molecule has 0 saturated heterocycles. The number of benzene rings is 2. The van der Waals surface area contributed by atoms with Crippen molar-refractivity contribution in [2.75, 3.05) is 14.2 Å². The van der Waals surface area contributed by atoms with Gasteiger partial charge >= 0.3 is 0 Å². The van der Waals surface area contributed by atoms with Crippen molar-refractivity contribution >= 4 is 23.0 Å². The maximum atomic E-state index is 6.25. The Kier molecular flexibility index (Phi) is 7.03. The molecule has 0 radical (unpaired) electrons. The summed E-state index contributed by atoms with van der Waals surface area (Å²) in [5.41, 5.74) is 2.73. The maximum absolute atomic E-state index is 6.25. The quantitative estimate of drug-likeness (QED) is 0.204. The van der Waals surface area contributed by atoms with E-state index in [0.717, 1.165) is 11.1 Å². The van der Waals surface area contributed by atoms with Gasteiger partial charge in [0.1, 0.15) is 23.0 Å². The molecule has 9 nitrogen and oxygen atoms in total. The summed E-state index contributed by atoms with van der Waals surface area (Å²) in [6, 6.07) is 25.6. The molecular weight excluding hydrogens is 468 g/mol. The van der Waals surface area contributed by atoms with Crippen LogP contribution in [-0.2, 0) is 0 Å². The van der Waals surface area contributed by atoms with Gasteiger partial charge in [0.15, 0.2) is 11.6 Å². The Labute approximate surface area is 213 Å². The van der Waals surface area contributed by atoms with Gasteiger partial charge < -0.3 is 13.9 Å². The molecule has 182 valence electrons. The molecule has 0 bridgehead atoms. The first-order valence-corrected chi connectivity index (χ1v) is 11.4. The van der Waals surface area contributed by atoms with E-state index in [4.69, 9.17) is 13.9 Å². The standard InChI is InChI=1S/C28H22N6O3/c1-35-23-11-9-19(31-33-27-7-3-5-15-29-27)17-21(23)25-13-14-26(37-25)22-18-20(10-12-24(22)36-2)32-34-28-8-4-6-16-30-28/h3-18H,1-2H3/b33-31+,34-32+. The van der Waals surface area contributed by atoms with E-state index in [0.29, 0.717) is 46.0 Å². The van der Waals surface area contributed by atoms with Crippen LogP contribution < -0.4 is 9.47 Å². The van der Waals surface area contributed by atoms with Crippen LogP contribution in [0.25, 0.3) is 22.6 Å². The lowest BCUT2D eigenvalue weighted by Crippen LogP contribution is -1.87. The molecule has 0 aliphatic carbocycles. The van der Waals surface area contributed by atoms with Crippen LogP contribution in [-0.4, -0.2) is 24.2 Å². The number of aromatic nitrogens is 2. The van der Waals surface area contributed by atoms with Gasteiger partial charge in [0, 0.05) is 12.4 Å². The van der Waals surface area contributed by atoms with Crippen molar-refractivity contribution in [2.24, 2.45) is 20.5 Å². The molecule has 0 saturated carbocycles. The van der Waals surface area contributed by atoms with Gasteiger partial charge in [-0.15, -0.1) is 20.5 Å². The minimum Gasteiger partial charge on any atom is -0.496 e. The number of furan rings is 1. The van der Waals surface area contributed by atoms with Crippen LogP contribution in [0.4, 0.5) is 23.0 Å². The average molecular weight is 491 g/mol. The lowest BCUT2D eigenvalue weighted by molar-refractivity contribution is 0.413. The van der Waals surface area contributed by atoms with Gasteiger partial charge in [-0.1, -0.05) is 12.1 Å². The molecule has 0 amide bonds.